The van der Waals surface area contributed by atoms with E-state index in [-0.39, 0.29) is 11.8 Å². The predicted octanol–water partition coefficient (Wildman–Crippen LogP) is 0.00870. The second-order valence-electron chi connectivity index (χ2n) is 3.23. The van der Waals surface area contributed by atoms with Gasteiger partial charge in [-0.3, -0.25) is 5.10 Å². The molecule has 5 nitrogen and oxygen atoms in total. The Morgan fingerprint density at radius 2 is 2.46 bits per heavy atom. The van der Waals surface area contributed by atoms with Gasteiger partial charge in [0.1, 0.15) is 0 Å². The minimum Gasteiger partial charge on any atom is -0.379 e. The third kappa shape index (κ3) is 2.00. The van der Waals surface area contributed by atoms with Crippen molar-refractivity contribution in [2.75, 3.05) is 16.8 Å². The van der Waals surface area contributed by atoms with Crippen LogP contribution in [0.4, 0.5) is 5.69 Å². The van der Waals surface area contributed by atoms with Crippen LogP contribution >= 0.6 is 0 Å². The monoisotopic (exact) mass is 201 g/mol. The Kier molecular flexibility index (Phi) is 1.99. The summed E-state index contributed by atoms with van der Waals surface area (Å²) in [5.74, 6) is 0.528. The molecule has 0 bridgehead atoms. The first-order chi connectivity index (χ1) is 6.16. The standard InChI is InChI=1S/C7H11N3O2S/c11-13(12)2-1-6(5-13)10-7-3-8-9-4-7/h3-4,6,10H,1-2,5H2,(H,8,9). The molecular formula is C7H11N3O2S. The van der Waals surface area contributed by atoms with E-state index in [4.69, 9.17) is 0 Å². The molecule has 0 aromatic carbocycles. The number of H-pyrrole nitrogens is 1. The molecule has 1 aromatic heterocycles. The molecule has 1 aliphatic heterocycles. The molecule has 1 aromatic rings. The van der Waals surface area contributed by atoms with E-state index in [1.165, 1.54) is 0 Å². The zero-order chi connectivity index (χ0) is 9.31. The van der Waals surface area contributed by atoms with Crippen molar-refractivity contribution in [1.82, 2.24) is 10.2 Å². The largest absolute Gasteiger partial charge is 0.379 e. The van der Waals surface area contributed by atoms with Crippen molar-refractivity contribution in [2.45, 2.75) is 12.5 Å². The van der Waals surface area contributed by atoms with Crippen LogP contribution < -0.4 is 5.32 Å². The zero-order valence-electron chi connectivity index (χ0n) is 7.03. The van der Waals surface area contributed by atoms with Gasteiger partial charge >= 0.3 is 0 Å². The van der Waals surface area contributed by atoms with Crippen molar-refractivity contribution < 1.29 is 8.42 Å². The number of aromatic amines is 1. The fourth-order valence-electron chi connectivity index (χ4n) is 1.47. The Morgan fingerprint density at radius 1 is 1.62 bits per heavy atom. The third-order valence-electron chi connectivity index (χ3n) is 2.10. The van der Waals surface area contributed by atoms with E-state index in [0.29, 0.717) is 12.2 Å². The van der Waals surface area contributed by atoms with Crippen molar-refractivity contribution >= 4 is 15.5 Å². The number of nitrogens with one attached hydrogen (secondary N) is 2. The molecule has 0 saturated carbocycles. The molecular weight excluding hydrogens is 190 g/mol. The second kappa shape index (κ2) is 3.02. The van der Waals surface area contributed by atoms with Crippen molar-refractivity contribution in [3.63, 3.8) is 0 Å². The first kappa shape index (κ1) is 8.55. The number of hydrogen-bond donors (Lipinski definition) is 2. The summed E-state index contributed by atoms with van der Waals surface area (Å²) in [4.78, 5) is 0. The van der Waals surface area contributed by atoms with Crippen LogP contribution in [0.3, 0.4) is 0 Å². The highest BCUT2D eigenvalue weighted by atomic mass is 32.2. The van der Waals surface area contributed by atoms with Crippen molar-refractivity contribution in [3.05, 3.63) is 12.4 Å². The first-order valence-corrected chi connectivity index (χ1v) is 5.94. The van der Waals surface area contributed by atoms with Crippen molar-refractivity contribution in [3.8, 4) is 0 Å². The Labute approximate surface area is 76.5 Å². The van der Waals surface area contributed by atoms with Crippen molar-refractivity contribution in [2.24, 2.45) is 0 Å². The van der Waals surface area contributed by atoms with E-state index in [9.17, 15) is 8.42 Å². The molecule has 6 heteroatoms. The lowest BCUT2D eigenvalue weighted by Crippen LogP contribution is -2.20. The molecule has 2 rings (SSSR count). The molecule has 1 fully saturated rings. The minimum absolute atomic E-state index is 0.0441. The molecule has 1 aliphatic rings. The molecule has 1 saturated heterocycles. The summed E-state index contributed by atoms with van der Waals surface area (Å²) >= 11 is 0. The van der Waals surface area contributed by atoms with Crippen LogP contribution in [0.15, 0.2) is 12.4 Å². The molecule has 2 N–H and O–H groups in total. The van der Waals surface area contributed by atoms with Gasteiger partial charge in [-0.2, -0.15) is 5.10 Å². The quantitative estimate of drug-likeness (QED) is 0.706. The van der Waals surface area contributed by atoms with E-state index < -0.39 is 9.84 Å². The second-order valence-corrected chi connectivity index (χ2v) is 5.46. The summed E-state index contributed by atoms with van der Waals surface area (Å²) in [6, 6.07) is 0.0441. The van der Waals surface area contributed by atoms with E-state index >= 15 is 0 Å². The summed E-state index contributed by atoms with van der Waals surface area (Å²) in [6.45, 7) is 0. The highest BCUT2D eigenvalue weighted by Gasteiger charge is 2.27. The fraction of sp³-hybridized carbons (Fsp3) is 0.571. The van der Waals surface area contributed by atoms with Crippen LogP contribution in [-0.2, 0) is 9.84 Å². The Hall–Kier alpha value is -1.04. The summed E-state index contributed by atoms with van der Waals surface area (Å²) < 4.78 is 22.2. The van der Waals surface area contributed by atoms with Crippen molar-refractivity contribution in [1.29, 1.82) is 0 Å². The van der Waals surface area contributed by atoms with E-state index in [2.05, 4.69) is 15.5 Å². The molecule has 0 radical (unpaired) electrons. The van der Waals surface area contributed by atoms with Gasteiger partial charge in [-0.05, 0) is 6.42 Å². The lowest BCUT2D eigenvalue weighted by Gasteiger charge is -2.08. The van der Waals surface area contributed by atoms with Crippen LogP contribution in [0, 0.1) is 0 Å². The average molecular weight is 201 g/mol. The van der Waals surface area contributed by atoms with Gasteiger partial charge in [0, 0.05) is 12.2 Å². The van der Waals surface area contributed by atoms with Gasteiger partial charge in [0.15, 0.2) is 9.84 Å². The molecule has 2 heterocycles. The maximum Gasteiger partial charge on any atom is 0.152 e. The van der Waals surface area contributed by atoms with Crippen LogP contribution in [-0.4, -0.2) is 36.2 Å². The fourth-order valence-corrected chi connectivity index (χ4v) is 3.15. The van der Waals surface area contributed by atoms with Gasteiger partial charge in [0.2, 0.25) is 0 Å². The molecule has 0 spiro atoms. The van der Waals surface area contributed by atoms with Gasteiger partial charge < -0.3 is 5.32 Å². The molecule has 1 unspecified atom stereocenters. The molecule has 0 aliphatic carbocycles. The predicted molar refractivity (Wildman–Crippen MR) is 49.3 cm³/mol. The zero-order valence-corrected chi connectivity index (χ0v) is 7.84. The lowest BCUT2D eigenvalue weighted by molar-refractivity contribution is 0.602. The molecule has 1 atom stereocenters. The molecule has 0 amide bonds. The maximum absolute atomic E-state index is 11.1. The minimum atomic E-state index is -2.79. The van der Waals surface area contributed by atoms with Gasteiger partial charge in [-0.15, -0.1) is 0 Å². The number of hydrogen-bond acceptors (Lipinski definition) is 4. The number of anilines is 1. The van der Waals surface area contributed by atoms with Crippen LogP contribution in [0.1, 0.15) is 6.42 Å². The van der Waals surface area contributed by atoms with E-state index in [1.54, 1.807) is 12.4 Å². The maximum atomic E-state index is 11.1. The topological polar surface area (TPSA) is 74.8 Å². The number of rotatable bonds is 2. The summed E-state index contributed by atoms with van der Waals surface area (Å²) in [5.41, 5.74) is 0.849. The summed E-state index contributed by atoms with van der Waals surface area (Å²) in [7, 11) is -2.79. The summed E-state index contributed by atoms with van der Waals surface area (Å²) in [6.07, 6.45) is 4.05. The molecule has 72 valence electrons. The van der Waals surface area contributed by atoms with Gasteiger partial charge in [0.05, 0.1) is 23.4 Å². The van der Waals surface area contributed by atoms with E-state index in [0.717, 1.165) is 5.69 Å². The van der Waals surface area contributed by atoms with Crippen LogP contribution in [0.2, 0.25) is 0 Å². The Balaban J connectivity index is 1.99. The number of aromatic nitrogens is 2. The smallest absolute Gasteiger partial charge is 0.152 e. The normalized spacial score (nSPS) is 26.0. The van der Waals surface area contributed by atoms with Crippen LogP contribution in [0.25, 0.3) is 0 Å². The first-order valence-electron chi connectivity index (χ1n) is 4.11. The third-order valence-corrected chi connectivity index (χ3v) is 3.87. The highest BCUT2D eigenvalue weighted by Crippen LogP contribution is 2.15. The summed E-state index contributed by atoms with van der Waals surface area (Å²) in [5, 5.41) is 9.53. The Morgan fingerprint density at radius 3 is 3.00 bits per heavy atom. The van der Waals surface area contributed by atoms with E-state index in [1.807, 2.05) is 0 Å². The number of nitrogens with zero attached hydrogens (tertiary/aromatic N) is 1. The Bertz CT molecular complexity index is 370. The van der Waals surface area contributed by atoms with Gasteiger partial charge in [0.25, 0.3) is 0 Å². The molecule has 13 heavy (non-hydrogen) atoms. The average Bonchev–Trinajstić information content (AvgIpc) is 2.61. The lowest BCUT2D eigenvalue weighted by atomic mass is 10.2. The number of sulfone groups is 1. The van der Waals surface area contributed by atoms with Gasteiger partial charge in [-0.1, -0.05) is 0 Å². The van der Waals surface area contributed by atoms with Gasteiger partial charge in [-0.25, -0.2) is 8.42 Å². The SMILES string of the molecule is O=S1(=O)CCC(Nc2cn[nH]c2)C1. The van der Waals surface area contributed by atoms with Crippen LogP contribution in [0.5, 0.6) is 0 Å². The highest BCUT2D eigenvalue weighted by molar-refractivity contribution is 7.91.